The van der Waals surface area contributed by atoms with Gasteiger partial charge in [-0.1, -0.05) is 36.0 Å². The van der Waals surface area contributed by atoms with E-state index in [1.807, 2.05) is 35.2 Å². The summed E-state index contributed by atoms with van der Waals surface area (Å²) in [6.45, 7) is 1.27. The second-order valence-corrected chi connectivity index (χ2v) is 9.55. The topological polar surface area (TPSA) is 75.5 Å². The molecule has 156 valence electrons. The molecule has 0 bridgehead atoms. The normalized spacial score (nSPS) is 15.3. The van der Waals surface area contributed by atoms with E-state index in [1.54, 1.807) is 47.5 Å². The number of carbonyl (C=O) groups excluding carboxylic acids is 1. The summed E-state index contributed by atoms with van der Waals surface area (Å²) in [5.74, 6) is -0.0978. The lowest BCUT2D eigenvalue weighted by Gasteiger charge is -2.34. The van der Waals surface area contributed by atoms with Gasteiger partial charge in [0.2, 0.25) is 10.0 Å². The molecule has 4 rings (SSSR count). The van der Waals surface area contributed by atoms with E-state index < -0.39 is 10.0 Å². The summed E-state index contributed by atoms with van der Waals surface area (Å²) in [7, 11) is -3.54. The van der Waals surface area contributed by atoms with Crippen LogP contribution in [0.2, 0.25) is 0 Å². The van der Waals surface area contributed by atoms with Crippen molar-refractivity contribution in [2.75, 3.05) is 32.4 Å². The maximum absolute atomic E-state index is 13.0. The van der Waals surface area contributed by atoms with Gasteiger partial charge in [0.05, 0.1) is 4.90 Å². The lowest BCUT2D eigenvalue weighted by molar-refractivity contribution is 0.0698. The van der Waals surface area contributed by atoms with Gasteiger partial charge in [0.1, 0.15) is 0 Å². The number of sulfonamides is 1. The number of piperazine rings is 1. The highest BCUT2D eigenvalue weighted by Crippen LogP contribution is 2.21. The summed E-state index contributed by atoms with van der Waals surface area (Å²) in [5.41, 5.74) is 1.45. The second kappa shape index (κ2) is 8.63. The van der Waals surface area contributed by atoms with Crippen LogP contribution < -0.4 is 0 Å². The van der Waals surface area contributed by atoms with E-state index in [2.05, 4.69) is 4.98 Å². The molecule has 9 heteroatoms. The predicted molar refractivity (Wildman–Crippen MR) is 116 cm³/mol. The zero-order valence-electron chi connectivity index (χ0n) is 16.5. The molecule has 3 aromatic rings. The summed E-state index contributed by atoms with van der Waals surface area (Å²) in [6, 6.07) is 15.8. The molecule has 0 aliphatic carbocycles. The number of hydrogen-bond acceptors (Lipinski definition) is 5. The minimum Gasteiger partial charge on any atom is -0.336 e. The number of amides is 1. The highest BCUT2D eigenvalue weighted by Gasteiger charge is 2.30. The third kappa shape index (κ3) is 4.00. The maximum atomic E-state index is 13.0. The quantitative estimate of drug-likeness (QED) is 0.568. The molecular weight excluding hydrogens is 420 g/mol. The van der Waals surface area contributed by atoms with E-state index in [4.69, 9.17) is 0 Å². The van der Waals surface area contributed by atoms with E-state index in [9.17, 15) is 13.2 Å². The van der Waals surface area contributed by atoms with Crippen LogP contribution in [0.5, 0.6) is 0 Å². The highest BCUT2D eigenvalue weighted by molar-refractivity contribution is 7.98. The molecule has 1 saturated heterocycles. The number of aromatic nitrogens is 2. The molecule has 1 aliphatic heterocycles. The number of thioether (sulfide) groups is 1. The van der Waals surface area contributed by atoms with Gasteiger partial charge in [0.25, 0.3) is 5.91 Å². The Morgan fingerprint density at radius 3 is 2.43 bits per heavy atom. The van der Waals surface area contributed by atoms with Crippen molar-refractivity contribution in [3.63, 3.8) is 0 Å². The molecule has 1 aromatic heterocycles. The van der Waals surface area contributed by atoms with Crippen molar-refractivity contribution in [3.05, 3.63) is 72.6 Å². The van der Waals surface area contributed by atoms with Crippen molar-refractivity contribution in [1.82, 2.24) is 18.8 Å². The van der Waals surface area contributed by atoms with E-state index in [-0.39, 0.29) is 23.9 Å². The number of benzene rings is 2. The van der Waals surface area contributed by atoms with Crippen molar-refractivity contribution in [2.45, 2.75) is 10.1 Å². The molecule has 0 radical (unpaired) electrons. The third-order valence-electron chi connectivity index (χ3n) is 5.07. The number of rotatable bonds is 5. The van der Waals surface area contributed by atoms with Gasteiger partial charge in [-0.3, -0.25) is 9.36 Å². The number of hydrogen-bond donors (Lipinski definition) is 0. The Hall–Kier alpha value is -2.62. The van der Waals surface area contributed by atoms with Gasteiger partial charge in [-0.15, -0.1) is 0 Å². The van der Waals surface area contributed by atoms with Gasteiger partial charge in [-0.05, 0) is 36.6 Å². The van der Waals surface area contributed by atoms with Crippen LogP contribution in [-0.2, 0) is 10.0 Å². The monoisotopic (exact) mass is 442 g/mol. The highest BCUT2D eigenvalue weighted by atomic mass is 32.2. The Balaban J connectivity index is 1.47. The standard InChI is InChI=1S/C21H22N4O3S2/c1-29-21-22-10-11-25(21)18-7-5-6-17(16-18)20(26)23-12-14-24(15-13-23)30(27,28)19-8-3-2-4-9-19/h2-11,16H,12-15H2,1H3. The van der Waals surface area contributed by atoms with Crippen molar-refractivity contribution in [3.8, 4) is 5.69 Å². The van der Waals surface area contributed by atoms with E-state index in [0.29, 0.717) is 18.7 Å². The van der Waals surface area contributed by atoms with Crippen LogP contribution >= 0.6 is 11.8 Å². The van der Waals surface area contributed by atoms with E-state index in [0.717, 1.165) is 10.8 Å². The fourth-order valence-electron chi connectivity index (χ4n) is 3.48. The van der Waals surface area contributed by atoms with Crippen LogP contribution in [0.25, 0.3) is 5.69 Å². The molecule has 7 nitrogen and oxygen atoms in total. The van der Waals surface area contributed by atoms with Gasteiger partial charge in [0, 0.05) is 49.8 Å². The predicted octanol–water partition coefficient (Wildman–Crippen LogP) is 2.74. The van der Waals surface area contributed by atoms with Gasteiger partial charge in [0.15, 0.2) is 5.16 Å². The largest absolute Gasteiger partial charge is 0.336 e. The van der Waals surface area contributed by atoms with Gasteiger partial charge >= 0.3 is 0 Å². The molecule has 1 fully saturated rings. The van der Waals surface area contributed by atoms with Crippen LogP contribution in [0.3, 0.4) is 0 Å². The fourth-order valence-corrected chi connectivity index (χ4v) is 5.45. The first-order valence-corrected chi connectivity index (χ1v) is 12.2. The summed E-state index contributed by atoms with van der Waals surface area (Å²) in [6.07, 6.45) is 5.55. The zero-order chi connectivity index (χ0) is 21.1. The van der Waals surface area contributed by atoms with Crippen molar-refractivity contribution in [2.24, 2.45) is 0 Å². The average molecular weight is 443 g/mol. The zero-order valence-corrected chi connectivity index (χ0v) is 18.1. The molecule has 2 aromatic carbocycles. The minimum absolute atomic E-state index is 0.0978. The van der Waals surface area contributed by atoms with E-state index >= 15 is 0 Å². The summed E-state index contributed by atoms with van der Waals surface area (Å²) in [4.78, 5) is 19.3. The number of nitrogens with zero attached hydrogens (tertiary/aromatic N) is 4. The molecule has 2 heterocycles. The SMILES string of the molecule is CSc1nccn1-c1cccc(C(=O)N2CCN(S(=O)(=O)c3ccccc3)CC2)c1. The lowest BCUT2D eigenvalue weighted by Crippen LogP contribution is -2.50. The smallest absolute Gasteiger partial charge is 0.254 e. The third-order valence-corrected chi connectivity index (χ3v) is 7.65. The van der Waals surface area contributed by atoms with Crippen molar-refractivity contribution < 1.29 is 13.2 Å². The van der Waals surface area contributed by atoms with Crippen LogP contribution in [-0.4, -0.2) is 65.5 Å². The summed E-state index contributed by atoms with van der Waals surface area (Å²) >= 11 is 1.53. The molecule has 0 spiro atoms. The van der Waals surface area contributed by atoms with Gasteiger partial charge in [-0.2, -0.15) is 4.31 Å². The Kier molecular flexibility index (Phi) is 5.94. The molecule has 0 atom stereocenters. The molecule has 0 N–H and O–H groups in total. The number of carbonyl (C=O) groups is 1. The Morgan fingerprint density at radius 1 is 1.00 bits per heavy atom. The minimum atomic E-state index is -3.54. The molecule has 1 amide bonds. The first-order chi connectivity index (χ1) is 14.5. The fraction of sp³-hybridized carbons (Fsp3) is 0.238. The first kappa shape index (κ1) is 20.6. The van der Waals surface area contributed by atoms with Crippen molar-refractivity contribution >= 4 is 27.7 Å². The lowest BCUT2D eigenvalue weighted by atomic mass is 10.1. The van der Waals surface area contributed by atoms with Gasteiger partial charge < -0.3 is 4.90 Å². The Labute approximate surface area is 180 Å². The molecule has 1 aliphatic rings. The van der Waals surface area contributed by atoms with Crippen LogP contribution in [0.1, 0.15) is 10.4 Å². The number of imidazole rings is 1. The van der Waals surface area contributed by atoms with E-state index in [1.165, 1.54) is 16.1 Å². The average Bonchev–Trinajstić information content (AvgIpc) is 3.28. The molecule has 30 heavy (non-hydrogen) atoms. The van der Waals surface area contributed by atoms with Crippen LogP contribution in [0.4, 0.5) is 0 Å². The van der Waals surface area contributed by atoms with Crippen LogP contribution in [0.15, 0.2) is 77.0 Å². The molecule has 0 saturated carbocycles. The Bertz CT molecular complexity index is 1140. The van der Waals surface area contributed by atoms with Crippen LogP contribution in [0, 0.1) is 0 Å². The summed E-state index contributed by atoms with van der Waals surface area (Å²) < 4.78 is 28.9. The second-order valence-electron chi connectivity index (χ2n) is 6.84. The molecule has 0 unspecified atom stereocenters. The summed E-state index contributed by atoms with van der Waals surface area (Å²) in [5, 5.41) is 0.847. The maximum Gasteiger partial charge on any atom is 0.254 e. The van der Waals surface area contributed by atoms with Gasteiger partial charge in [-0.25, -0.2) is 13.4 Å². The van der Waals surface area contributed by atoms with Crippen molar-refractivity contribution in [1.29, 1.82) is 0 Å². The Morgan fingerprint density at radius 2 is 1.73 bits per heavy atom. The molecular formula is C21H22N4O3S2. The first-order valence-electron chi connectivity index (χ1n) is 9.53.